The monoisotopic (exact) mass is 295 g/mol. The summed E-state index contributed by atoms with van der Waals surface area (Å²) in [5, 5.41) is 50.5. The molecule has 0 aliphatic carbocycles. The Hall–Kier alpha value is 1.41. The van der Waals surface area contributed by atoms with Gasteiger partial charge in [-0.3, -0.25) is 14.6 Å². The second kappa shape index (κ2) is 22.5. The molecule has 0 N–H and O–H groups in total. The first-order valence-electron chi connectivity index (χ1n) is 1.41. The summed E-state index contributed by atoms with van der Waals surface area (Å²) in [5.74, 6) is 0. The van der Waals surface area contributed by atoms with Crippen LogP contribution in [0.3, 0.4) is 0 Å². The maximum Gasteiger partial charge on any atom is 2.00 e. The van der Waals surface area contributed by atoms with Gasteiger partial charge in [0, 0.05) is 0 Å². The van der Waals surface area contributed by atoms with E-state index in [0.717, 1.165) is 0 Å². The van der Waals surface area contributed by atoms with Crippen LogP contribution in [0.15, 0.2) is 0 Å². The van der Waals surface area contributed by atoms with Gasteiger partial charge < -0.3 is 30.1 Å². The van der Waals surface area contributed by atoms with Crippen molar-refractivity contribution >= 4 is 14.6 Å². The van der Waals surface area contributed by atoms with Crippen molar-refractivity contribution < 1.29 is 80.5 Å². The minimum atomic E-state index is -2.92. The maximum absolute atomic E-state index is 8.42. The van der Waals surface area contributed by atoms with E-state index in [9.17, 15) is 0 Å². The molecular weight excluding hydrogens is 294 g/mol. The van der Waals surface area contributed by atoms with Crippen LogP contribution in [0.2, 0.25) is 0 Å². The van der Waals surface area contributed by atoms with Crippen molar-refractivity contribution in [1.82, 2.24) is 0 Å². The molecule has 0 rings (SSSR count). The second-order valence-corrected chi connectivity index (χ2v) is 0.577. The molecule has 0 aliphatic rings. The van der Waals surface area contributed by atoms with Gasteiger partial charge in [-0.1, -0.05) is 0 Å². The van der Waals surface area contributed by atoms with Gasteiger partial charge in [0.25, 0.3) is 0 Å². The molecule has 69 valence electrons. The molecule has 3 radical (unpaired) electrons. The fraction of sp³-hybridized carbons (Fsp3) is 0. The Balaban J connectivity index is -0.0000000171. The maximum atomic E-state index is 8.42. The topological polar surface area (TPSA) is 138 Å². The minimum absolute atomic E-state index is 0. The van der Waals surface area contributed by atoms with Gasteiger partial charge in [-0.05, 0) is 0 Å². The van der Waals surface area contributed by atoms with Crippen LogP contribution in [0, 0.1) is 0 Å². The third kappa shape index (κ3) is 509. The van der Waals surface area contributed by atoms with Gasteiger partial charge in [-0.25, -0.2) is 0 Å². The summed E-state index contributed by atoms with van der Waals surface area (Å²) in [7, 11) is -5.83. The molecule has 0 atom stereocenters. The molecule has 0 heterocycles. The van der Waals surface area contributed by atoms with Crippen LogP contribution in [-0.4, -0.2) is 14.6 Å². The van der Waals surface area contributed by atoms with Crippen molar-refractivity contribution in [3.63, 3.8) is 0 Å². The molecule has 0 aromatic heterocycles. The zero-order valence-corrected chi connectivity index (χ0v) is 7.73. The fourth-order valence-electron chi connectivity index (χ4n) is 0. The third-order valence-corrected chi connectivity index (χ3v) is 0. The van der Waals surface area contributed by atoms with Crippen LogP contribution in [0.5, 0.6) is 0 Å². The van der Waals surface area contributed by atoms with E-state index in [1.165, 1.54) is 0 Å². The van der Waals surface area contributed by atoms with E-state index in [0.29, 0.717) is 0 Å². The normalized spacial score (nSPS) is 4.91. The number of hydrogen-bond donors (Lipinski definition) is 0. The summed E-state index contributed by atoms with van der Waals surface area (Å²) in [6.45, 7) is 0. The molecule has 0 saturated heterocycles. The molecule has 0 bridgehead atoms. The first-order chi connectivity index (χ1) is 3.46. The molecular formula is B2Co3O6. The van der Waals surface area contributed by atoms with Crippen molar-refractivity contribution in [3.8, 4) is 0 Å². The van der Waals surface area contributed by atoms with Crippen LogP contribution in [0.1, 0.15) is 0 Å². The van der Waals surface area contributed by atoms with E-state index in [4.69, 9.17) is 30.1 Å². The van der Waals surface area contributed by atoms with E-state index < -0.39 is 14.6 Å². The summed E-state index contributed by atoms with van der Waals surface area (Å²) in [4.78, 5) is 0. The van der Waals surface area contributed by atoms with E-state index in [1.54, 1.807) is 0 Å². The Labute approximate surface area is 95.0 Å². The SMILES string of the molecule is [Co+2].[Co+2].[Co+2].[O-]B([O-])[O-].[O-]B([O-])[O-]. The van der Waals surface area contributed by atoms with Crippen LogP contribution in [0.25, 0.3) is 0 Å². The zero-order chi connectivity index (χ0) is 7.15. The molecule has 0 aromatic carbocycles. The van der Waals surface area contributed by atoms with Crippen molar-refractivity contribution in [3.05, 3.63) is 0 Å². The zero-order valence-electron chi connectivity index (χ0n) is 4.60. The smallest absolute Gasteiger partial charge is 0.907 e. The molecule has 0 aromatic rings. The van der Waals surface area contributed by atoms with E-state index >= 15 is 0 Å². The molecule has 0 fully saturated rings. The molecule has 0 saturated carbocycles. The summed E-state index contributed by atoms with van der Waals surface area (Å²) in [6.07, 6.45) is 0. The van der Waals surface area contributed by atoms with Crippen LogP contribution >= 0.6 is 0 Å². The van der Waals surface area contributed by atoms with Crippen molar-refractivity contribution in [2.75, 3.05) is 0 Å². The largest absolute Gasteiger partial charge is 2.00 e. The first kappa shape index (κ1) is 29.4. The molecule has 11 heavy (non-hydrogen) atoms. The Kier molecular flexibility index (Phi) is 60.2. The second-order valence-electron chi connectivity index (χ2n) is 0.577. The summed E-state index contributed by atoms with van der Waals surface area (Å²) < 4.78 is 0. The van der Waals surface area contributed by atoms with Crippen LogP contribution in [-0.2, 0) is 50.3 Å². The van der Waals surface area contributed by atoms with Gasteiger partial charge in [-0.15, -0.1) is 0 Å². The molecule has 11 heteroatoms. The molecule has 6 nitrogen and oxygen atoms in total. The Morgan fingerprint density at radius 3 is 0.455 bits per heavy atom. The van der Waals surface area contributed by atoms with E-state index in [2.05, 4.69) is 0 Å². The van der Waals surface area contributed by atoms with Crippen molar-refractivity contribution in [1.29, 1.82) is 0 Å². The van der Waals surface area contributed by atoms with E-state index in [1.807, 2.05) is 0 Å². The Bertz CT molecular complexity index is 31.3. The fourth-order valence-corrected chi connectivity index (χ4v) is 0. The number of hydrogen-bond acceptors (Lipinski definition) is 6. The van der Waals surface area contributed by atoms with Gasteiger partial charge in [0.1, 0.15) is 0 Å². The van der Waals surface area contributed by atoms with Gasteiger partial charge >= 0.3 is 50.3 Å². The van der Waals surface area contributed by atoms with Gasteiger partial charge in [0.2, 0.25) is 0 Å². The molecule has 0 amide bonds. The first-order valence-corrected chi connectivity index (χ1v) is 1.41. The quantitative estimate of drug-likeness (QED) is 0.407. The van der Waals surface area contributed by atoms with Gasteiger partial charge in [0.05, 0.1) is 0 Å². The average Bonchev–Trinajstić information content (AvgIpc) is 1.25. The Morgan fingerprint density at radius 2 is 0.455 bits per heavy atom. The average molecular weight is 294 g/mol. The van der Waals surface area contributed by atoms with Crippen molar-refractivity contribution in [2.24, 2.45) is 0 Å². The van der Waals surface area contributed by atoms with Crippen LogP contribution < -0.4 is 30.1 Å². The minimum Gasteiger partial charge on any atom is -0.907 e. The van der Waals surface area contributed by atoms with E-state index in [-0.39, 0.29) is 50.3 Å². The van der Waals surface area contributed by atoms with Gasteiger partial charge in [0.15, 0.2) is 0 Å². The summed E-state index contributed by atoms with van der Waals surface area (Å²) >= 11 is 0. The summed E-state index contributed by atoms with van der Waals surface area (Å²) in [5.41, 5.74) is 0. The number of rotatable bonds is 0. The third-order valence-electron chi connectivity index (χ3n) is 0. The molecule has 0 unspecified atom stereocenters. The van der Waals surface area contributed by atoms with Crippen molar-refractivity contribution in [2.45, 2.75) is 0 Å². The standard InChI is InChI=1S/2BO3.3Co/c2*2-1(3)4;;;/q2*-3;3*+2. The van der Waals surface area contributed by atoms with Gasteiger partial charge in [-0.2, -0.15) is 0 Å². The predicted octanol–water partition coefficient (Wildman–Crippen LogP) is -7.90. The molecule has 0 aliphatic heterocycles. The molecule has 0 spiro atoms. The Morgan fingerprint density at radius 1 is 0.455 bits per heavy atom. The summed E-state index contributed by atoms with van der Waals surface area (Å²) in [6, 6.07) is 0. The predicted molar refractivity (Wildman–Crippen MR) is 11.5 cm³/mol. The van der Waals surface area contributed by atoms with Crippen LogP contribution in [0.4, 0.5) is 0 Å².